The number of pyridine rings is 1. The average molecular weight is 486 g/mol. The minimum atomic E-state index is -0.412. The Hall–Kier alpha value is -4.55. The second-order valence-corrected chi connectivity index (χ2v) is 8.20. The smallest absolute Gasteiger partial charge is 0.300 e. The summed E-state index contributed by atoms with van der Waals surface area (Å²) in [6.45, 7) is 0.870. The lowest BCUT2D eigenvalue weighted by Crippen LogP contribution is -2.28. The van der Waals surface area contributed by atoms with Crippen LogP contribution in [0.25, 0.3) is 0 Å². The minimum absolute atomic E-state index is 0.0857. The van der Waals surface area contributed by atoms with E-state index >= 15 is 0 Å². The number of anilines is 4. The molecular weight excluding hydrogens is 466 g/mol. The summed E-state index contributed by atoms with van der Waals surface area (Å²) in [5, 5.41) is 16.3. The van der Waals surface area contributed by atoms with E-state index in [4.69, 9.17) is 21.6 Å². The maximum atomic E-state index is 12.9. The highest BCUT2D eigenvalue weighted by Crippen LogP contribution is 2.31. The van der Waals surface area contributed by atoms with E-state index in [1.807, 2.05) is 53.1 Å². The Morgan fingerprint density at radius 2 is 1.91 bits per heavy atom. The molecule has 2 N–H and O–H groups in total. The van der Waals surface area contributed by atoms with E-state index < -0.39 is 5.56 Å². The summed E-state index contributed by atoms with van der Waals surface area (Å²) in [6, 6.07) is 22.3. The number of hydrogen-bond acceptors (Lipinski definition) is 8. The average Bonchev–Trinajstić information content (AvgIpc) is 3.29. The van der Waals surface area contributed by atoms with Crippen molar-refractivity contribution in [3.05, 3.63) is 93.9 Å². The van der Waals surface area contributed by atoms with Gasteiger partial charge in [0, 0.05) is 23.0 Å². The lowest BCUT2D eigenvalue weighted by Gasteiger charge is -2.19. The predicted molar refractivity (Wildman–Crippen MR) is 135 cm³/mol. The number of nitrogens with zero attached hydrogens (tertiary/aromatic N) is 5. The van der Waals surface area contributed by atoms with Crippen LogP contribution in [0.4, 0.5) is 23.1 Å². The van der Waals surface area contributed by atoms with Gasteiger partial charge in [0.2, 0.25) is 11.8 Å². The third-order valence-corrected chi connectivity index (χ3v) is 5.65. The van der Waals surface area contributed by atoms with Crippen molar-refractivity contribution in [2.45, 2.75) is 6.54 Å². The molecule has 35 heavy (non-hydrogen) atoms. The van der Waals surface area contributed by atoms with Gasteiger partial charge in [-0.2, -0.15) is 10.2 Å². The molecule has 0 saturated heterocycles. The minimum Gasteiger partial charge on any atom is -0.439 e. The molecule has 0 unspecified atom stereocenters. The summed E-state index contributed by atoms with van der Waals surface area (Å²) in [6.07, 6.45) is 1.66. The van der Waals surface area contributed by atoms with E-state index in [1.165, 1.54) is 0 Å². The first-order valence-electron chi connectivity index (χ1n) is 10.8. The van der Waals surface area contributed by atoms with E-state index in [1.54, 1.807) is 29.3 Å². The molecule has 0 saturated carbocycles. The predicted octanol–water partition coefficient (Wildman–Crippen LogP) is 4.59. The molecule has 2 aromatic heterocycles. The molecule has 0 atom stereocenters. The van der Waals surface area contributed by atoms with Gasteiger partial charge in [-0.25, -0.2) is 4.98 Å². The molecule has 5 rings (SSSR count). The molecule has 9 nitrogen and oxygen atoms in total. The molecule has 1 aliphatic rings. The molecule has 10 heteroatoms. The van der Waals surface area contributed by atoms with Crippen molar-refractivity contribution in [3.8, 4) is 17.7 Å². The number of nitriles is 1. The SMILES string of the molecule is N#CCN1CNc2c1c(=O)nc(Nc1ccc(Oc3ccccn3)cc1)n2Cc1ccc(Cl)cc1. The monoisotopic (exact) mass is 485 g/mol. The first-order chi connectivity index (χ1) is 17.1. The number of rotatable bonds is 7. The molecule has 0 radical (unpaired) electrons. The first kappa shape index (κ1) is 22.3. The molecule has 0 spiro atoms. The van der Waals surface area contributed by atoms with Crippen LogP contribution in [-0.2, 0) is 6.54 Å². The van der Waals surface area contributed by atoms with Gasteiger partial charge in [-0.05, 0) is 48.0 Å². The van der Waals surface area contributed by atoms with Crippen LogP contribution in [0.2, 0.25) is 5.02 Å². The van der Waals surface area contributed by atoms with Gasteiger partial charge in [0.25, 0.3) is 5.56 Å². The summed E-state index contributed by atoms with van der Waals surface area (Å²) in [7, 11) is 0. The molecule has 2 aromatic carbocycles. The summed E-state index contributed by atoms with van der Waals surface area (Å²) in [5.41, 5.74) is 1.67. The lowest BCUT2D eigenvalue weighted by atomic mass is 10.2. The highest BCUT2D eigenvalue weighted by molar-refractivity contribution is 6.30. The van der Waals surface area contributed by atoms with Crippen LogP contribution >= 0.6 is 11.6 Å². The second-order valence-electron chi connectivity index (χ2n) is 7.76. The Morgan fingerprint density at radius 1 is 1.11 bits per heavy atom. The third-order valence-electron chi connectivity index (χ3n) is 5.40. The van der Waals surface area contributed by atoms with E-state index in [9.17, 15) is 4.79 Å². The van der Waals surface area contributed by atoms with Crippen LogP contribution < -0.4 is 25.8 Å². The van der Waals surface area contributed by atoms with Gasteiger partial charge < -0.3 is 20.3 Å². The number of hydrogen-bond donors (Lipinski definition) is 2. The van der Waals surface area contributed by atoms with Crippen molar-refractivity contribution in [2.24, 2.45) is 0 Å². The van der Waals surface area contributed by atoms with E-state index in [2.05, 4.69) is 26.7 Å². The van der Waals surface area contributed by atoms with Crippen LogP contribution in [0.15, 0.2) is 77.7 Å². The number of halogens is 1. The highest BCUT2D eigenvalue weighted by Gasteiger charge is 2.27. The standard InChI is InChI=1S/C25H20ClN7O2/c26-18-6-4-17(5-7-18)15-33-23-22(32(14-12-27)16-29-23)24(34)31-25(33)30-19-8-10-20(11-9-19)35-21-3-1-2-13-28-21/h1-11,13,29H,14-16H2,(H,30,31,34). The van der Waals surface area contributed by atoms with Gasteiger partial charge in [-0.3, -0.25) is 9.36 Å². The Kier molecular flexibility index (Phi) is 6.20. The first-order valence-corrected chi connectivity index (χ1v) is 11.2. The normalized spacial score (nSPS) is 11.9. The fourth-order valence-corrected chi connectivity index (χ4v) is 3.89. The highest BCUT2D eigenvalue weighted by atomic mass is 35.5. The maximum absolute atomic E-state index is 12.9. The van der Waals surface area contributed by atoms with Gasteiger partial charge in [0.05, 0.1) is 19.3 Å². The number of aromatic nitrogens is 3. The zero-order chi connectivity index (χ0) is 24.2. The van der Waals surface area contributed by atoms with Crippen molar-refractivity contribution in [1.29, 1.82) is 5.26 Å². The number of fused-ring (bicyclic) bond motifs is 1. The van der Waals surface area contributed by atoms with Gasteiger partial charge in [-0.1, -0.05) is 29.8 Å². The van der Waals surface area contributed by atoms with Crippen molar-refractivity contribution < 1.29 is 4.74 Å². The Morgan fingerprint density at radius 3 is 2.63 bits per heavy atom. The quantitative estimate of drug-likeness (QED) is 0.366. The summed E-state index contributed by atoms with van der Waals surface area (Å²) >= 11 is 6.05. The molecular formula is C25H20ClN7O2. The molecule has 0 amide bonds. The van der Waals surface area contributed by atoms with Crippen molar-refractivity contribution in [2.75, 3.05) is 28.7 Å². The Bertz CT molecular complexity index is 1430. The number of benzene rings is 2. The van der Waals surface area contributed by atoms with Gasteiger partial charge in [0.1, 0.15) is 23.8 Å². The zero-order valence-electron chi connectivity index (χ0n) is 18.5. The van der Waals surface area contributed by atoms with Crippen LogP contribution in [-0.4, -0.2) is 27.7 Å². The molecule has 3 heterocycles. The van der Waals surface area contributed by atoms with Crippen LogP contribution in [0.5, 0.6) is 11.6 Å². The van der Waals surface area contributed by atoms with Crippen LogP contribution in [0, 0.1) is 11.3 Å². The topological polar surface area (TPSA) is 108 Å². The Labute approximate surface area is 206 Å². The van der Waals surface area contributed by atoms with Crippen LogP contribution in [0.3, 0.4) is 0 Å². The van der Waals surface area contributed by atoms with Gasteiger partial charge in [0.15, 0.2) is 0 Å². The molecule has 0 aliphatic carbocycles. The Balaban J connectivity index is 1.47. The van der Waals surface area contributed by atoms with Crippen LogP contribution in [0.1, 0.15) is 5.56 Å². The van der Waals surface area contributed by atoms with E-state index in [0.717, 1.165) is 11.3 Å². The summed E-state index contributed by atoms with van der Waals surface area (Å²) < 4.78 is 7.63. The van der Waals surface area contributed by atoms with Gasteiger partial charge in [-0.15, -0.1) is 0 Å². The molecule has 4 aromatic rings. The molecule has 1 aliphatic heterocycles. The van der Waals surface area contributed by atoms with Gasteiger partial charge >= 0.3 is 0 Å². The largest absolute Gasteiger partial charge is 0.439 e. The lowest BCUT2D eigenvalue weighted by molar-refractivity contribution is 0.463. The van der Waals surface area contributed by atoms with E-state index in [0.29, 0.717) is 47.3 Å². The zero-order valence-corrected chi connectivity index (χ0v) is 19.2. The number of nitrogens with one attached hydrogen (secondary N) is 2. The number of ether oxygens (including phenoxy) is 1. The summed E-state index contributed by atoms with van der Waals surface area (Å²) in [4.78, 5) is 23.1. The third kappa shape index (κ3) is 4.88. The van der Waals surface area contributed by atoms with Crippen molar-refractivity contribution in [1.82, 2.24) is 14.5 Å². The maximum Gasteiger partial charge on any atom is 0.300 e. The fourth-order valence-electron chi connectivity index (χ4n) is 3.76. The molecule has 0 bridgehead atoms. The molecule has 174 valence electrons. The van der Waals surface area contributed by atoms with Crippen molar-refractivity contribution in [3.63, 3.8) is 0 Å². The second kappa shape index (κ2) is 9.75. The summed E-state index contributed by atoms with van der Waals surface area (Å²) in [5.74, 6) is 2.10. The fraction of sp³-hybridized carbons (Fsp3) is 0.120. The molecule has 0 fully saturated rings. The van der Waals surface area contributed by atoms with Crippen molar-refractivity contribution >= 4 is 34.7 Å². The van der Waals surface area contributed by atoms with E-state index in [-0.39, 0.29) is 6.54 Å².